The number of alkyl halides is 1. The van der Waals surface area contributed by atoms with Crippen molar-refractivity contribution in [3.8, 4) is 0 Å². The quantitative estimate of drug-likeness (QED) is 0.708. The van der Waals surface area contributed by atoms with Crippen LogP contribution in [0.4, 0.5) is 4.39 Å². The molecule has 1 heterocycles. The fourth-order valence-electron chi connectivity index (χ4n) is 3.13. The number of aryl methyl sites for hydroxylation is 1. The zero-order valence-corrected chi connectivity index (χ0v) is 13.8. The van der Waals surface area contributed by atoms with Gasteiger partial charge in [0, 0.05) is 12.6 Å². The molecule has 1 atom stereocenters. The summed E-state index contributed by atoms with van der Waals surface area (Å²) in [5.74, 6) is 1.28. The Kier molecular flexibility index (Phi) is 3.52. The summed E-state index contributed by atoms with van der Waals surface area (Å²) in [6.45, 7) is 9.21. The molecule has 2 nitrogen and oxygen atoms in total. The van der Waals surface area contributed by atoms with Gasteiger partial charge < -0.3 is 4.57 Å². The van der Waals surface area contributed by atoms with Crippen molar-refractivity contribution in [1.29, 1.82) is 0 Å². The van der Waals surface area contributed by atoms with E-state index in [0.29, 0.717) is 22.4 Å². The van der Waals surface area contributed by atoms with Crippen molar-refractivity contribution in [3.63, 3.8) is 0 Å². The van der Waals surface area contributed by atoms with Crippen LogP contribution >= 0.6 is 11.6 Å². The molecule has 1 aromatic heterocycles. The second-order valence-corrected chi connectivity index (χ2v) is 7.43. The second-order valence-electron chi connectivity index (χ2n) is 6.78. The Bertz CT molecular complexity index is 684. The molecule has 0 amide bonds. The third kappa shape index (κ3) is 2.46. The second kappa shape index (κ2) is 4.98. The molecule has 21 heavy (non-hydrogen) atoms. The van der Waals surface area contributed by atoms with Crippen LogP contribution in [0.25, 0.3) is 11.0 Å². The Hall–Kier alpha value is -1.09. The summed E-state index contributed by atoms with van der Waals surface area (Å²) in [6, 6.07) is 3.43. The van der Waals surface area contributed by atoms with Crippen LogP contribution in [-0.4, -0.2) is 9.55 Å². The minimum Gasteiger partial charge on any atom is -0.326 e. The molecule has 2 aromatic rings. The van der Waals surface area contributed by atoms with Crippen molar-refractivity contribution in [1.82, 2.24) is 9.55 Å². The van der Waals surface area contributed by atoms with Gasteiger partial charge in [0.05, 0.1) is 16.4 Å². The Morgan fingerprint density at radius 3 is 2.52 bits per heavy atom. The zero-order valence-electron chi connectivity index (χ0n) is 13.1. The maximum atomic E-state index is 13.8. The predicted molar refractivity (Wildman–Crippen MR) is 85.2 cm³/mol. The monoisotopic (exact) mass is 308 g/mol. The third-order valence-corrected chi connectivity index (χ3v) is 5.20. The zero-order chi connectivity index (χ0) is 15.4. The van der Waals surface area contributed by atoms with Crippen molar-refractivity contribution >= 4 is 22.6 Å². The van der Waals surface area contributed by atoms with E-state index in [-0.39, 0.29) is 11.2 Å². The van der Waals surface area contributed by atoms with E-state index in [0.717, 1.165) is 17.9 Å². The number of aromatic nitrogens is 2. The average molecular weight is 309 g/mol. The van der Waals surface area contributed by atoms with E-state index in [1.165, 1.54) is 18.9 Å². The molecule has 0 spiro atoms. The predicted octanol–water partition coefficient (Wildman–Crippen LogP) is 5.22. The summed E-state index contributed by atoms with van der Waals surface area (Å²) in [7, 11) is 0. The van der Waals surface area contributed by atoms with Crippen LogP contribution in [-0.2, 0) is 6.54 Å². The molecule has 1 saturated carbocycles. The molecule has 1 aliphatic carbocycles. The fourth-order valence-corrected chi connectivity index (χ4v) is 3.30. The lowest BCUT2D eigenvalue weighted by Crippen LogP contribution is -2.19. The molecule has 0 N–H and O–H groups in total. The number of nitrogens with zero attached hydrogens (tertiary/aromatic N) is 2. The molecule has 0 aliphatic heterocycles. The SMILES string of the molecule is Cc1cc2c(cc1F)nc(C(C)Cl)n2CC1(C(C)C)CC1. The standard InChI is InChI=1S/C17H22ClFN2/c1-10(2)17(5-6-17)9-21-15-7-11(3)13(19)8-14(15)20-16(21)12(4)18/h7-8,10,12H,5-6,9H2,1-4H3. The molecule has 1 fully saturated rings. The number of rotatable bonds is 4. The van der Waals surface area contributed by atoms with Crippen molar-refractivity contribution < 1.29 is 4.39 Å². The maximum absolute atomic E-state index is 13.8. The Morgan fingerprint density at radius 2 is 2.00 bits per heavy atom. The van der Waals surface area contributed by atoms with Gasteiger partial charge in [-0.15, -0.1) is 11.6 Å². The molecule has 3 rings (SSSR count). The van der Waals surface area contributed by atoms with Gasteiger partial charge in [-0.25, -0.2) is 9.37 Å². The summed E-state index contributed by atoms with van der Waals surface area (Å²) in [4.78, 5) is 4.58. The molecular weight excluding hydrogens is 287 g/mol. The number of hydrogen-bond acceptors (Lipinski definition) is 1. The van der Waals surface area contributed by atoms with Crippen LogP contribution in [0.3, 0.4) is 0 Å². The van der Waals surface area contributed by atoms with Crippen molar-refractivity contribution in [2.75, 3.05) is 0 Å². The molecule has 4 heteroatoms. The van der Waals surface area contributed by atoms with Gasteiger partial charge in [0.1, 0.15) is 11.6 Å². The van der Waals surface area contributed by atoms with Gasteiger partial charge in [-0.3, -0.25) is 0 Å². The summed E-state index contributed by atoms with van der Waals surface area (Å²) in [6.07, 6.45) is 2.50. The normalized spacial score (nSPS) is 18.4. The Labute approximate surface area is 130 Å². The number of hydrogen-bond donors (Lipinski definition) is 0. The highest BCUT2D eigenvalue weighted by Gasteiger charge is 2.46. The van der Waals surface area contributed by atoms with Gasteiger partial charge in [0.25, 0.3) is 0 Å². The first-order valence-electron chi connectivity index (χ1n) is 7.64. The molecule has 0 radical (unpaired) electrons. The van der Waals surface area contributed by atoms with Crippen LogP contribution in [0.15, 0.2) is 12.1 Å². The summed E-state index contributed by atoms with van der Waals surface area (Å²) in [5.41, 5.74) is 2.73. The van der Waals surface area contributed by atoms with Crippen molar-refractivity contribution in [2.45, 2.75) is 52.5 Å². The van der Waals surface area contributed by atoms with Gasteiger partial charge in [0.15, 0.2) is 0 Å². The Balaban J connectivity index is 2.14. The van der Waals surface area contributed by atoms with Gasteiger partial charge in [0.2, 0.25) is 0 Å². The molecule has 1 unspecified atom stereocenters. The van der Waals surface area contributed by atoms with Crippen LogP contribution < -0.4 is 0 Å². The van der Waals surface area contributed by atoms with E-state index >= 15 is 0 Å². The maximum Gasteiger partial charge on any atom is 0.128 e. The van der Waals surface area contributed by atoms with Gasteiger partial charge in [-0.2, -0.15) is 0 Å². The average Bonchev–Trinajstić information content (AvgIpc) is 3.11. The van der Waals surface area contributed by atoms with Gasteiger partial charge in [-0.05, 0) is 49.7 Å². The van der Waals surface area contributed by atoms with E-state index in [9.17, 15) is 4.39 Å². The minimum atomic E-state index is -0.203. The highest BCUT2D eigenvalue weighted by Crippen LogP contribution is 2.53. The first kappa shape index (κ1) is 14.8. The van der Waals surface area contributed by atoms with Crippen LogP contribution in [0.1, 0.15) is 50.4 Å². The molecule has 1 aliphatic rings. The van der Waals surface area contributed by atoms with E-state index in [1.807, 2.05) is 13.0 Å². The highest BCUT2D eigenvalue weighted by atomic mass is 35.5. The summed E-state index contributed by atoms with van der Waals surface area (Å²) in [5, 5.41) is -0.177. The molecule has 0 bridgehead atoms. The van der Waals surface area contributed by atoms with E-state index in [1.54, 1.807) is 6.92 Å². The van der Waals surface area contributed by atoms with E-state index in [2.05, 4.69) is 23.4 Å². The molecule has 0 saturated heterocycles. The summed E-state index contributed by atoms with van der Waals surface area (Å²) < 4.78 is 16.0. The minimum absolute atomic E-state index is 0.177. The topological polar surface area (TPSA) is 17.8 Å². The van der Waals surface area contributed by atoms with Crippen LogP contribution in [0, 0.1) is 24.1 Å². The van der Waals surface area contributed by atoms with Crippen LogP contribution in [0.2, 0.25) is 0 Å². The molecular formula is C17H22ClFN2. The van der Waals surface area contributed by atoms with Crippen molar-refractivity contribution in [2.24, 2.45) is 11.3 Å². The lowest BCUT2D eigenvalue weighted by atomic mass is 9.92. The first-order chi connectivity index (χ1) is 9.84. The molecule has 114 valence electrons. The van der Waals surface area contributed by atoms with Crippen molar-refractivity contribution in [3.05, 3.63) is 29.3 Å². The number of halogens is 2. The van der Waals surface area contributed by atoms with E-state index in [4.69, 9.17) is 11.6 Å². The van der Waals surface area contributed by atoms with Gasteiger partial charge in [-0.1, -0.05) is 13.8 Å². The Morgan fingerprint density at radius 1 is 1.33 bits per heavy atom. The smallest absolute Gasteiger partial charge is 0.128 e. The largest absolute Gasteiger partial charge is 0.326 e. The lowest BCUT2D eigenvalue weighted by molar-refractivity contribution is 0.308. The lowest BCUT2D eigenvalue weighted by Gasteiger charge is -2.22. The third-order valence-electron chi connectivity index (χ3n) is 5.00. The fraction of sp³-hybridized carbons (Fsp3) is 0.588. The summed E-state index contributed by atoms with van der Waals surface area (Å²) >= 11 is 6.31. The number of fused-ring (bicyclic) bond motifs is 1. The van der Waals surface area contributed by atoms with E-state index < -0.39 is 0 Å². The first-order valence-corrected chi connectivity index (χ1v) is 8.08. The molecule has 1 aromatic carbocycles. The number of imidazole rings is 1. The van der Waals surface area contributed by atoms with Crippen LogP contribution in [0.5, 0.6) is 0 Å². The highest BCUT2D eigenvalue weighted by molar-refractivity contribution is 6.20. The number of benzene rings is 1. The van der Waals surface area contributed by atoms with Gasteiger partial charge >= 0.3 is 0 Å².